The fourth-order valence-corrected chi connectivity index (χ4v) is 4.38. The molecule has 0 atom stereocenters. The van der Waals surface area contributed by atoms with Crippen LogP contribution in [0.5, 0.6) is 5.75 Å². The number of alkyl halides is 6. The fraction of sp³-hybridized carbons (Fsp3) is 0.611. The van der Waals surface area contributed by atoms with Crippen LogP contribution in [0.2, 0.25) is 0 Å². The van der Waals surface area contributed by atoms with Gasteiger partial charge >= 0.3 is 18.4 Å². The number of nitrogens with one attached hydrogen (secondary N) is 1. The van der Waals surface area contributed by atoms with Crippen molar-refractivity contribution in [2.45, 2.75) is 43.1 Å². The highest BCUT2D eigenvalue weighted by Crippen LogP contribution is 2.36. The van der Waals surface area contributed by atoms with Gasteiger partial charge in [-0.15, -0.1) is 0 Å². The number of nitrogens with zero attached hydrogens (tertiary/aromatic N) is 1. The molecule has 182 valence electrons. The topological polar surface area (TPSA) is 84.9 Å². The number of hydrogen-bond acceptors (Lipinski definition) is 5. The second-order valence-corrected chi connectivity index (χ2v) is 9.02. The number of likely N-dealkylation sites (tertiary alicyclic amines) is 1. The van der Waals surface area contributed by atoms with E-state index in [4.69, 9.17) is 4.74 Å². The first-order valence-electron chi connectivity index (χ1n) is 9.38. The SMILES string of the molecule is COc1cc(C)ccc1S(=O)(=O)NCC1CCN(C(=O)OC(C(F)(F)F)C(F)(F)F)CC1. The molecule has 0 aromatic heterocycles. The smallest absolute Gasteiger partial charge is 0.434 e. The first kappa shape index (κ1) is 26.0. The highest BCUT2D eigenvalue weighted by Gasteiger charge is 2.60. The molecule has 0 spiro atoms. The van der Waals surface area contributed by atoms with Crippen molar-refractivity contribution < 1.29 is 49.0 Å². The van der Waals surface area contributed by atoms with Crippen LogP contribution >= 0.6 is 0 Å². The molecule has 1 aromatic carbocycles. The monoisotopic (exact) mass is 492 g/mol. The maximum atomic E-state index is 12.6. The molecular weight excluding hydrogens is 470 g/mol. The lowest BCUT2D eigenvalue weighted by Gasteiger charge is -2.33. The standard InChI is InChI=1S/C18H22F6N2O5S/c1-11-3-4-14(13(9-11)30-2)32(28,29)25-10-12-5-7-26(8-6-12)16(27)31-15(17(19,20)21)18(22,23)24/h3-4,9,12,15,25H,5-8,10H2,1-2H3. The summed E-state index contributed by atoms with van der Waals surface area (Å²) >= 11 is 0. The number of amides is 1. The lowest BCUT2D eigenvalue weighted by atomic mass is 9.97. The molecule has 32 heavy (non-hydrogen) atoms. The molecule has 1 aliphatic rings. The Morgan fingerprint density at radius 1 is 1.16 bits per heavy atom. The Morgan fingerprint density at radius 3 is 2.22 bits per heavy atom. The quantitative estimate of drug-likeness (QED) is 0.614. The van der Waals surface area contributed by atoms with Crippen LogP contribution in [0.1, 0.15) is 18.4 Å². The third-order valence-electron chi connectivity index (χ3n) is 4.86. The van der Waals surface area contributed by atoms with Crippen molar-refractivity contribution in [3.63, 3.8) is 0 Å². The summed E-state index contributed by atoms with van der Waals surface area (Å²) in [6.45, 7) is 1.37. The van der Waals surface area contributed by atoms with Crippen molar-refractivity contribution in [2.24, 2.45) is 5.92 Å². The minimum absolute atomic E-state index is 0.0318. The maximum Gasteiger partial charge on any atom is 0.434 e. The molecule has 14 heteroatoms. The van der Waals surface area contributed by atoms with E-state index in [0.29, 0.717) is 0 Å². The molecule has 0 unspecified atom stereocenters. The highest BCUT2D eigenvalue weighted by molar-refractivity contribution is 7.89. The molecule has 7 nitrogen and oxygen atoms in total. The number of rotatable bonds is 6. The van der Waals surface area contributed by atoms with Crippen molar-refractivity contribution in [1.29, 1.82) is 0 Å². The van der Waals surface area contributed by atoms with Gasteiger partial charge in [0.25, 0.3) is 6.10 Å². The number of sulfonamides is 1. The van der Waals surface area contributed by atoms with Gasteiger partial charge in [-0.2, -0.15) is 26.3 Å². The molecular formula is C18H22F6N2O5S. The van der Waals surface area contributed by atoms with Crippen molar-refractivity contribution in [2.75, 3.05) is 26.7 Å². The second kappa shape index (κ2) is 9.73. The van der Waals surface area contributed by atoms with E-state index in [1.165, 1.54) is 13.2 Å². The zero-order chi connectivity index (χ0) is 24.3. The Morgan fingerprint density at radius 2 is 1.72 bits per heavy atom. The number of halogens is 6. The third-order valence-corrected chi connectivity index (χ3v) is 6.32. The number of piperidine rings is 1. The molecule has 0 saturated carbocycles. The summed E-state index contributed by atoms with van der Waals surface area (Å²) in [6.07, 6.45) is -17.2. The zero-order valence-electron chi connectivity index (χ0n) is 17.1. The number of carbonyl (C=O) groups is 1. The molecule has 0 radical (unpaired) electrons. The summed E-state index contributed by atoms with van der Waals surface area (Å²) in [5.41, 5.74) is 0.790. The van der Waals surface area contributed by atoms with E-state index < -0.39 is 34.6 Å². The lowest BCUT2D eigenvalue weighted by Crippen LogP contribution is -2.49. The van der Waals surface area contributed by atoms with Crippen LogP contribution in [0.4, 0.5) is 31.1 Å². The van der Waals surface area contributed by atoms with Gasteiger partial charge in [-0.25, -0.2) is 17.9 Å². The normalized spacial score (nSPS) is 16.3. The van der Waals surface area contributed by atoms with E-state index in [1.54, 1.807) is 19.1 Å². The first-order valence-corrected chi connectivity index (χ1v) is 10.9. The predicted molar refractivity (Wildman–Crippen MR) is 99.6 cm³/mol. The Hall–Kier alpha value is -2.22. The largest absolute Gasteiger partial charge is 0.495 e. The molecule has 1 N–H and O–H groups in total. The summed E-state index contributed by atoms with van der Waals surface area (Å²) in [6, 6.07) is 4.52. The van der Waals surface area contributed by atoms with Gasteiger partial charge in [0.2, 0.25) is 10.0 Å². The van der Waals surface area contributed by atoms with Crippen LogP contribution in [-0.4, -0.2) is 64.6 Å². The van der Waals surface area contributed by atoms with Crippen molar-refractivity contribution in [1.82, 2.24) is 9.62 Å². The van der Waals surface area contributed by atoms with E-state index in [-0.39, 0.29) is 49.0 Å². The zero-order valence-corrected chi connectivity index (χ0v) is 17.9. The van der Waals surface area contributed by atoms with Gasteiger partial charge in [0, 0.05) is 19.6 Å². The van der Waals surface area contributed by atoms with Crippen LogP contribution in [0.25, 0.3) is 0 Å². The van der Waals surface area contributed by atoms with Gasteiger partial charge in [0.05, 0.1) is 7.11 Å². The van der Waals surface area contributed by atoms with Crippen molar-refractivity contribution in [3.8, 4) is 5.75 Å². The Balaban J connectivity index is 1.92. The van der Waals surface area contributed by atoms with E-state index >= 15 is 0 Å². The number of aryl methyl sites for hydroxylation is 1. The number of methoxy groups -OCH3 is 1. The minimum Gasteiger partial charge on any atom is -0.495 e. The summed E-state index contributed by atoms with van der Waals surface area (Å²) in [5, 5.41) is 0. The molecule has 1 aromatic rings. The summed E-state index contributed by atoms with van der Waals surface area (Å²) in [7, 11) is -2.60. The van der Waals surface area contributed by atoms with Crippen LogP contribution in [0, 0.1) is 12.8 Å². The van der Waals surface area contributed by atoms with Crippen LogP contribution in [-0.2, 0) is 14.8 Å². The summed E-state index contributed by atoms with van der Waals surface area (Å²) in [4.78, 5) is 12.4. The fourth-order valence-electron chi connectivity index (χ4n) is 3.12. The van der Waals surface area contributed by atoms with Gasteiger partial charge in [0.1, 0.15) is 10.6 Å². The van der Waals surface area contributed by atoms with E-state index in [9.17, 15) is 39.6 Å². The number of benzene rings is 1. The highest BCUT2D eigenvalue weighted by atomic mass is 32.2. The minimum atomic E-state index is -5.79. The molecule has 1 aliphatic heterocycles. The van der Waals surface area contributed by atoms with Gasteiger partial charge in [-0.05, 0) is 43.4 Å². The average Bonchev–Trinajstić information content (AvgIpc) is 2.68. The lowest BCUT2D eigenvalue weighted by molar-refractivity contribution is -0.308. The van der Waals surface area contributed by atoms with Gasteiger partial charge in [-0.1, -0.05) is 6.07 Å². The number of carbonyl (C=O) groups excluding carboxylic acids is 1. The number of ether oxygens (including phenoxy) is 2. The molecule has 0 aliphatic carbocycles. The third kappa shape index (κ3) is 6.64. The summed E-state index contributed by atoms with van der Waals surface area (Å²) in [5.74, 6) is -0.134. The molecule has 1 amide bonds. The molecule has 1 saturated heterocycles. The van der Waals surface area contributed by atoms with Crippen molar-refractivity contribution in [3.05, 3.63) is 23.8 Å². The van der Waals surface area contributed by atoms with Crippen LogP contribution in [0.3, 0.4) is 0 Å². The second-order valence-electron chi connectivity index (χ2n) is 7.28. The van der Waals surface area contributed by atoms with E-state index in [2.05, 4.69) is 9.46 Å². The Labute approximate surface area is 180 Å². The molecule has 2 rings (SSSR count). The summed E-state index contributed by atoms with van der Waals surface area (Å²) < 4.78 is 112. The molecule has 1 fully saturated rings. The average molecular weight is 492 g/mol. The molecule has 1 heterocycles. The van der Waals surface area contributed by atoms with E-state index in [0.717, 1.165) is 10.5 Å². The predicted octanol–water partition coefficient (Wildman–Crippen LogP) is 3.62. The van der Waals surface area contributed by atoms with Crippen LogP contribution in [0.15, 0.2) is 23.1 Å². The van der Waals surface area contributed by atoms with Crippen LogP contribution < -0.4 is 9.46 Å². The van der Waals surface area contributed by atoms with Gasteiger partial charge < -0.3 is 14.4 Å². The van der Waals surface area contributed by atoms with Gasteiger partial charge in [0.15, 0.2) is 0 Å². The van der Waals surface area contributed by atoms with E-state index in [1.807, 2.05) is 0 Å². The van der Waals surface area contributed by atoms with Crippen molar-refractivity contribution >= 4 is 16.1 Å². The Bertz CT molecular complexity index is 897. The number of hydrogen-bond donors (Lipinski definition) is 1. The maximum absolute atomic E-state index is 12.6. The van der Waals surface area contributed by atoms with Gasteiger partial charge in [-0.3, -0.25) is 0 Å². The molecule has 0 bridgehead atoms. The Kier molecular flexibility index (Phi) is 7.92. The first-order chi connectivity index (χ1) is 14.6.